The second-order valence-electron chi connectivity index (χ2n) is 5.31. The van der Waals surface area contributed by atoms with Crippen LogP contribution in [-0.4, -0.2) is 33.2 Å². The molecule has 0 fully saturated rings. The van der Waals surface area contributed by atoms with E-state index in [0.29, 0.717) is 27.8 Å². The lowest BCUT2D eigenvalue weighted by atomic mass is 10.1. The van der Waals surface area contributed by atoms with Crippen LogP contribution in [0, 0.1) is 0 Å². The van der Waals surface area contributed by atoms with Crippen LogP contribution in [0.2, 0.25) is 5.02 Å². The van der Waals surface area contributed by atoms with Crippen molar-refractivity contribution < 1.29 is 23.7 Å². The van der Waals surface area contributed by atoms with E-state index >= 15 is 0 Å². The molecule has 26 heavy (non-hydrogen) atoms. The van der Waals surface area contributed by atoms with E-state index in [1.807, 2.05) is 6.07 Å². The standard InChI is InChI=1S/C19H16ClNO5/c1-23-15-9-12(10-16(24-2)17(15)25-3)18-21-14(19(22)26-18)8-11-5-4-6-13(20)7-11/h4-10H,1-3H3/b14-8+. The van der Waals surface area contributed by atoms with Gasteiger partial charge in [0.25, 0.3) is 0 Å². The van der Waals surface area contributed by atoms with Gasteiger partial charge in [-0.15, -0.1) is 0 Å². The summed E-state index contributed by atoms with van der Waals surface area (Å²) >= 11 is 5.97. The van der Waals surface area contributed by atoms with Gasteiger partial charge in [-0.3, -0.25) is 0 Å². The first kappa shape index (κ1) is 17.8. The number of esters is 1. The summed E-state index contributed by atoms with van der Waals surface area (Å²) in [7, 11) is 4.53. The van der Waals surface area contributed by atoms with Gasteiger partial charge < -0.3 is 18.9 Å². The fraction of sp³-hybridized carbons (Fsp3) is 0.158. The average Bonchev–Trinajstić information content (AvgIpc) is 3.01. The zero-order valence-electron chi connectivity index (χ0n) is 14.4. The third kappa shape index (κ3) is 3.50. The summed E-state index contributed by atoms with van der Waals surface area (Å²) in [4.78, 5) is 16.4. The Bertz CT molecular complexity index is 895. The molecule has 2 aromatic carbocycles. The number of rotatable bonds is 5. The highest BCUT2D eigenvalue weighted by Crippen LogP contribution is 2.39. The van der Waals surface area contributed by atoms with Crippen molar-refractivity contribution in [2.24, 2.45) is 4.99 Å². The Morgan fingerprint density at radius 1 is 1.04 bits per heavy atom. The summed E-state index contributed by atoms with van der Waals surface area (Å²) in [5, 5.41) is 0.569. The molecule has 0 atom stereocenters. The molecule has 7 heteroatoms. The molecule has 1 aliphatic rings. The van der Waals surface area contributed by atoms with Crippen LogP contribution >= 0.6 is 11.6 Å². The highest BCUT2D eigenvalue weighted by atomic mass is 35.5. The van der Waals surface area contributed by atoms with Gasteiger partial charge in [-0.2, -0.15) is 0 Å². The molecule has 0 bridgehead atoms. The van der Waals surface area contributed by atoms with Gasteiger partial charge in [-0.05, 0) is 35.9 Å². The zero-order valence-corrected chi connectivity index (χ0v) is 15.2. The number of hydrogen-bond donors (Lipinski definition) is 0. The van der Waals surface area contributed by atoms with E-state index in [-0.39, 0.29) is 11.6 Å². The highest BCUT2D eigenvalue weighted by Gasteiger charge is 2.26. The van der Waals surface area contributed by atoms with Gasteiger partial charge in [0.1, 0.15) is 0 Å². The lowest BCUT2D eigenvalue weighted by molar-refractivity contribution is -0.129. The Balaban J connectivity index is 2.01. The highest BCUT2D eigenvalue weighted by molar-refractivity contribution is 6.30. The third-order valence-electron chi connectivity index (χ3n) is 3.68. The van der Waals surface area contributed by atoms with Crippen molar-refractivity contribution in [2.75, 3.05) is 21.3 Å². The van der Waals surface area contributed by atoms with Crippen molar-refractivity contribution in [3.8, 4) is 17.2 Å². The number of cyclic esters (lactones) is 1. The normalized spacial score (nSPS) is 14.8. The molecule has 0 aliphatic carbocycles. The van der Waals surface area contributed by atoms with Crippen LogP contribution in [-0.2, 0) is 9.53 Å². The van der Waals surface area contributed by atoms with Crippen molar-refractivity contribution in [1.82, 2.24) is 0 Å². The van der Waals surface area contributed by atoms with Crippen LogP contribution in [0.3, 0.4) is 0 Å². The van der Waals surface area contributed by atoms with E-state index in [4.69, 9.17) is 30.5 Å². The zero-order chi connectivity index (χ0) is 18.7. The fourth-order valence-electron chi connectivity index (χ4n) is 2.49. The summed E-state index contributed by atoms with van der Waals surface area (Å²) in [6.45, 7) is 0. The van der Waals surface area contributed by atoms with Crippen LogP contribution in [0.4, 0.5) is 0 Å². The van der Waals surface area contributed by atoms with Crippen LogP contribution in [0.15, 0.2) is 47.1 Å². The van der Waals surface area contributed by atoms with Crippen LogP contribution in [0.25, 0.3) is 6.08 Å². The quantitative estimate of drug-likeness (QED) is 0.590. The van der Waals surface area contributed by atoms with Crippen LogP contribution in [0.5, 0.6) is 17.2 Å². The first-order valence-electron chi connectivity index (χ1n) is 7.64. The third-order valence-corrected chi connectivity index (χ3v) is 3.92. The number of ether oxygens (including phenoxy) is 4. The van der Waals surface area contributed by atoms with E-state index in [2.05, 4.69) is 4.99 Å². The molecule has 0 saturated heterocycles. The van der Waals surface area contributed by atoms with E-state index in [0.717, 1.165) is 5.56 Å². The van der Waals surface area contributed by atoms with E-state index in [9.17, 15) is 4.79 Å². The number of halogens is 1. The summed E-state index contributed by atoms with van der Waals surface area (Å²) < 4.78 is 21.2. The largest absolute Gasteiger partial charge is 0.493 e. The van der Waals surface area contributed by atoms with Gasteiger partial charge >= 0.3 is 5.97 Å². The second-order valence-corrected chi connectivity index (χ2v) is 5.74. The van der Waals surface area contributed by atoms with Crippen LogP contribution in [0.1, 0.15) is 11.1 Å². The number of aliphatic imine (C=N–C) groups is 1. The maximum Gasteiger partial charge on any atom is 0.363 e. The van der Waals surface area contributed by atoms with Gasteiger partial charge in [-0.1, -0.05) is 23.7 Å². The molecule has 134 valence electrons. The summed E-state index contributed by atoms with van der Waals surface area (Å²) in [6, 6.07) is 10.4. The fourth-order valence-corrected chi connectivity index (χ4v) is 2.69. The van der Waals surface area contributed by atoms with E-state index < -0.39 is 5.97 Å². The molecule has 1 aliphatic heterocycles. The SMILES string of the molecule is COc1cc(C2=N/C(=C/c3cccc(Cl)c3)C(=O)O2)cc(OC)c1OC. The minimum absolute atomic E-state index is 0.155. The Morgan fingerprint density at radius 2 is 1.73 bits per heavy atom. The topological polar surface area (TPSA) is 66.4 Å². The Kier molecular flexibility index (Phi) is 5.14. The Morgan fingerprint density at radius 3 is 2.31 bits per heavy atom. The molecule has 0 N–H and O–H groups in total. The number of carbonyl (C=O) groups excluding carboxylic acids is 1. The van der Waals surface area contributed by atoms with Gasteiger partial charge in [0.2, 0.25) is 11.6 Å². The molecule has 3 rings (SSSR count). The van der Waals surface area contributed by atoms with E-state index in [1.54, 1.807) is 36.4 Å². The van der Waals surface area contributed by atoms with Gasteiger partial charge in [-0.25, -0.2) is 9.79 Å². The number of benzene rings is 2. The monoisotopic (exact) mass is 373 g/mol. The van der Waals surface area contributed by atoms with Gasteiger partial charge in [0, 0.05) is 10.6 Å². The van der Waals surface area contributed by atoms with Crippen LogP contribution < -0.4 is 14.2 Å². The molecule has 0 spiro atoms. The first-order chi connectivity index (χ1) is 12.5. The number of hydrogen-bond acceptors (Lipinski definition) is 6. The smallest absolute Gasteiger partial charge is 0.363 e. The number of methoxy groups -OCH3 is 3. The van der Waals surface area contributed by atoms with Crippen molar-refractivity contribution in [1.29, 1.82) is 0 Å². The molecule has 2 aromatic rings. The molecular weight excluding hydrogens is 358 g/mol. The van der Waals surface area contributed by atoms with Crippen molar-refractivity contribution in [3.05, 3.63) is 58.2 Å². The molecule has 0 amide bonds. The predicted octanol–water partition coefficient (Wildman–Crippen LogP) is 3.71. The number of carbonyl (C=O) groups is 1. The molecule has 0 saturated carbocycles. The lowest BCUT2D eigenvalue weighted by Gasteiger charge is -2.13. The molecule has 0 radical (unpaired) electrons. The second kappa shape index (κ2) is 7.49. The average molecular weight is 374 g/mol. The van der Waals surface area contributed by atoms with Gasteiger partial charge in [0.15, 0.2) is 17.2 Å². The van der Waals surface area contributed by atoms with Gasteiger partial charge in [0.05, 0.1) is 21.3 Å². The summed E-state index contributed by atoms with van der Waals surface area (Å²) in [5.41, 5.74) is 1.46. The maximum atomic E-state index is 12.2. The lowest BCUT2D eigenvalue weighted by Crippen LogP contribution is -2.06. The Labute approximate surface area is 155 Å². The summed E-state index contributed by atoms with van der Waals surface area (Å²) in [5.74, 6) is 0.926. The molecular formula is C19H16ClNO5. The van der Waals surface area contributed by atoms with Crippen molar-refractivity contribution in [3.63, 3.8) is 0 Å². The minimum atomic E-state index is -0.547. The predicted molar refractivity (Wildman–Crippen MR) is 98.2 cm³/mol. The molecule has 0 unspecified atom stereocenters. The van der Waals surface area contributed by atoms with Crippen molar-refractivity contribution >= 4 is 29.5 Å². The maximum absolute atomic E-state index is 12.2. The molecule has 0 aromatic heterocycles. The molecule has 6 nitrogen and oxygen atoms in total. The minimum Gasteiger partial charge on any atom is -0.493 e. The van der Waals surface area contributed by atoms with E-state index in [1.165, 1.54) is 21.3 Å². The van der Waals surface area contributed by atoms with Crippen molar-refractivity contribution in [2.45, 2.75) is 0 Å². The Hall–Kier alpha value is -2.99. The summed E-state index contributed by atoms with van der Waals surface area (Å²) in [6.07, 6.45) is 1.61. The first-order valence-corrected chi connectivity index (χ1v) is 8.02. The molecule has 1 heterocycles. The number of nitrogens with zero attached hydrogens (tertiary/aromatic N) is 1.